The number of hydrogen-bond acceptors (Lipinski definition) is 5. The lowest BCUT2D eigenvalue weighted by Gasteiger charge is -2.35. The van der Waals surface area contributed by atoms with Crippen LogP contribution in [-0.4, -0.2) is 30.2 Å². The van der Waals surface area contributed by atoms with Crippen LogP contribution in [0.5, 0.6) is 5.75 Å². The SMILES string of the molecule is COC1(OC)C=CC(O)=C(c2ccccc2O)C1C#N. The monoisotopic (exact) mass is 273 g/mol. The van der Waals surface area contributed by atoms with Crippen molar-refractivity contribution in [3.8, 4) is 11.8 Å². The lowest BCUT2D eigenvalue weighted by atomic mass is 9.82. The minimum atomic E-state index is -1.29. The normalized spacial score (nSPS) is 20.8. The Hall–Kier alpha value is -2.29. The van der Waals surface area contributed by atoms with Crippen molar-refractivity contribution in [1.82, 2.24) is 0 Å². The number of phenolic OH excluding ortho intramolecular Hbond substituents is 1. The van der Waals surface area contributed by atoms with Crippen LogP contribution in [0.3, 0.4) is 0 Å². The average molecular weight is 273 g/mol. The second-order valence-corrected chi connectivity index (χ2v) is 4.34. The summed E-state index contributed by atoms with van der Waals surface area (Å²) in [7, 11) is 2.84. The van der Waals surface area contributed by atoms with Crippen molar-refractivity contribution in [3.63, 3.8) is 0 Å². The number of nitrogens with zero attached hydrogens (tertiary/aromatic N) is 1. The highest BCUT2D eigenvalue weighted by molar-refractivity contribution is 5.78. The third-order valence-electron chi connectivity index (χ3n) is 3.40. The minimum absolute atomic E-state index is 0.0225. The van der Waals surface area contributed by atoms with Gasteiger partial charge in [0.05, 0.1) is 6.07 Å². The summed E-state index contributed by atoms with van der Waals surface area (Å²) in [5, 5.41) is 29.5. The van der Waals surface area contributed by atoms with E-state index in [0.717, 1.165) is 0 Å². The molecule has 20 heavy (non-hydrogen) atoms. The van der Waals surface area contributed by atoms with E-state index in [1.807, 2.05) is 0 Å². The van der Waals surface area contributed by atoms with E-state index in [9.17, 15) is 15.5 Å². The van der Waals surface area contributed by atoms with E-state index in [2.05, 4.69) is 6.07 Å². The lowest BCUT2D eigenvalue weighted by molar-refractivity contribution is -0.183. The molecule has 1 aromatic carbocycles. The Morgan fingerprint density at radius 1 is 1.20 bits per heavy atom. The fourth-order valence-corrected chi connectivity index (χ4v) is 2.33. The van der Waals surface area contributed by atoms with Crippen LogP contribution in [0, 0.1) is 17.2 Å². The van der Waals surface area contributed by atoms with Gasteiger partial charge in [0.15, 0.2) is 0 Å². The van der Waals surface area contributed by atoms with E-state index in [-0.39, 0.29) is 17.1 Å². The van der Waals surface area contributed by atoms with Crippen molar-refractivity contribution in [2.75, 3.05) is 14.2 Å². The summed E-state index contributed by atoms with van der Waals surface area (Å²) >= 11 is 0. The van der Waals surface area contributed by atoms with E-state index in [0.29, 0.717) is 5.56 Å². The molecule has 2 rings (SSSR count). The average Bonchev–Trinajstić information content (AvgIpc) is 2.48. The summed E-state index contributed by atoms with van der Waals surface area (Å²) in [6, 6.07) is 8.56. The number of methoxy groups -OCH3 is 2. The van der Waals surface area contributed by atoms with Crippen molar-refractivity contribution in [2.45, 2.75) is 5.79 Å². The molecule has 104 valence electrons. The first-order valence-corrected chi connectivity index (χ1v) is 6.00. The molecule has 1 atom stereocenters. The van der Waals surface area contributed by atoms with Crippen molar-refractivity contribution in [1.29, 1.82) is 5.26 Å². The largest absolute Gasteiger partial charge is 0.508 e. The molecule has 1 aliphatic carbocycles. The molecule has 0 spiro atoms. The molecular formula is C15H15NO4. The Morgan fingerprint density at radius 3 is 2.40 bits per heavy atom. The first-order chi connectivity index (χ1) is 9.59. The van der Waals surface area contributed by atoms with Gasteiger partial charge in [-0.2, -0.15) is 5.26 Å². The van der Waals surface area contributed by atoms with Crippen molar-refractivity contribution < 1.29 is 19.7 Å². The van der Waals surface area contributed by atoms with Crippen molar-refractivity contribution >= 4 is 5.57 Å². The molecule has 0 radical (unpaired) electrons. The highest BCUT2D eigenvalue weighted by Gasteiger charge is 2.44. The van der Waals surface area contributed by atoms with E-state index in [1.54, 1.807) is 18.2 Å². The van der Waals surface area contributed by atoms with Crippen LogP contribution in [0.4, 0.5) is 0 Å². The predicted molar refractivity (Wildman–Crippen MR) is 72.6 cm³/mol. The molecule has 1 unspecified atom stereocenters. The summed E-state index contributed by atoms with van der Waals surface area (Å²) < 4.78 is 10.6. The van der Waals surface area contributed by atoms with Crippen LogP contribution < -0.4 is 0 Å². The van der Waals surface area contributed by atoms with E-state index >= 15 is 0 Å². The van der Waals surface area contributed by atoms with Gasteiger partial charge >= 0.3 is 0 Å². The Labute approximate surface area is 117 Å². The predicted octanol–water partition coefficient (Wildman–Crippen LogP) is 2.36. The van der Waals surface area contributed by atoms with Crippen LogP contribution in [0.15, 0.2) is 42.2 Å². The highest BCUT2D eigenvalue weighted by Crippen LogP contribution is 2.42. The molecular weight excluding hydrogens is 258 g/mol. The topological polar surface area (TPSA) is 82.7 Å². The lowest BCUT2D eigenvalue weighted by Crippen LogP contribution is -2.42. The number of hydrogen-bond donors (Lipinski definition) is 2. The Balaban J connectivity index is 2.64. The fraction of sp³-hybridized carbons (Fsp3) is 0.267. The quantitative estimate of drug-likeness (QED) is 0.826. The van der Waals surface area contributed by atoms with Gasteiger partial charge in [0, 0.05) is 25.4 Å². The third-order valence-corrected chi connectivity index (χ3v) is 3.40. The van der Waals surface area contributed by atoms with Gasteiger partial charge in [-0.25, -0.2) is 0 Å². The standard InChI is InChI=1S/C15H15NO4/c1-19-15(20-2)8-7-13(18)14(11(15)9-16)10-5-3-4-6-12(10)17/h3-8,11,17-18H,1-2H3. The zero-order valence-electron chi connectivity index (χ0n) is 11.2. The Bertz CT molecular complexity index is 609. The molecule has 2 N–H and O–H groups in total. The summed E-state index contributed by atoms with van der Waals surface area (Å²) in [6.45, 7) is 0. The van der Waals surface area contributed by atoms with Crippen LogP contribution in [0.25, 0.3) is 5.57 Å². The van der Waals surface area contributed by atoms with Crippen molar-refractivity contribution in [2.24, 2.45) is 5.92 Å². The van der Waals surface area contributed by atoms with Crippen LogP contribution in [-0.2, 0) is 9.47 Å². The second-order valence-electron chi connectivity index (χ2n) is 4.34. The van der Waals surface area contributed by atoms with E-state index < -0.39 is 11.7 Å². The number of allylic oxidation sites excluding steroid dienone is 1. The van der Waals surface area contributed by atoms with Crippen LogP contribution in [0.1, 0.15) is 5.56 Å². The zero-order valence-corrected chi connectivity index (χ0v) is 11.2. The molecule has 1 aliphatic rings. The van der Waals surface area contributed by atoms with Gasteiger partial charge in [-0.05, 0) is 18.2 Å². The Morgan fingerprint density at radius 2 is 1.85 bits per heavy atom. The number of aliphatic hydroxyl groups is 1. The van der Waals surface area contributed by atoms with Crippen LogP contribution in [0.2, 0.25) is 0 Å². The number of ether oxygens (including phenoxy) is 2. The number of aromatic hydroxyl groups is 1. The van der Waals surface area contributed by atoms with E-state index in [4.69, 9.17) is 9.47 Å². The summed E-state index contributed by atoms with van der Waals surface area (Å²) in [4.78, 5) is 0. The first-order valence-electron chi connectivity index (χ1n) is 6.00. The van der Waals surface area contributed by atoms with Gasteiger partial charge in [-0.1, -0.05) is 18.2 Å². The number of phenols is 1. The number of aliphatic hydroxyl groups excluding tert-OH is 1. The molecule has 0 heterocycles. The number of nitriles is 1. The number of rotatable bonds is 3. The molecule has 0 aromatic heterocycles. The summed E-state index contributed by atoms with van der Waals surface area (Å²) in [5.41, 5.74) is 0.649. The molecule has 5 nitrogen and oxygen atoms in total. The molecule has 0 bridgehead atoms. The third kappa shape index (κ3) is 2.05. The highest BCUT2D eigenvalue weighted by atomic mass is 16.7. The molecule has 0 aliphatic heterocycles. The molecule has 0 amide bonds. The molecule has 0 saturated carbocycles. The van der Waals surface area contributed by atoms with Gasteiger partial charge < -0.3 is 19.7 Å². The maximum atomic E-state index is 10.1. The number of benzene rings is 1. The second kappa shape index (κ2) is 5.37. The Kier molecular flexibility index (Phi) is 3.79. The van der Waals surface area contributed by atoms with Gasteiger partial charge in [0.1, 0.15) is 17.4 Å². The van der Waals surface area contributed by atoms with Gasteiger partial charge in [-0.15, -0.1) is 0 Å². The first kappa shape index (κ1) is 14.1. The molecule has 1 aromatic rings. The van der Waals surface area contributed by atoms with Crippen LogP contribution >= 0.6 is 0 Å². The van der Waals surface area contributed by atoms with Gasteiger partial charge in [0.25, 0.3) is 0 Å². The summed E-state index contributed by atoms with van der Waals surface area (Å²) in [5.74, 6) is -2.32. The van der Waals surface area contributed by atoms with Gasteiger partial charge in [-0.3, -0.25) is 0 Å². The fourth-order valence-electron chi connectivity index (χ4n) is 2.33. The maximum Gasteiger partial charge on any atom is 0.208 e. The molecule has 5 heteroatoms. The van der Waals surface area contributed by atoms with Crippen molar-refractivity contribution in [3.05, 3.63) is 47.7 Å². The number of para-hydroxylation sites is 1. The zero-order chi connectivity index (χ0) is 14.8. The maximum absolute atomic E-state index is 10.1. The van der Waals surface area contributed by atoms with E-state index in [1.165, 1.54) is 32.4 Å². The smallest absolute Gasteiger partial charge is 0.208 e. The van der Waals surface area contributed by atoms with Gasteiger partial charge in [0.2, 0.25) is 5.79 Å². The summed E-state index contributed by atoms with van der Waals surface area (Å²) in [6.07, 6.45) is 2.89. The minimum Gasteiger partial charge on any atom is -0.508 e. The molecule has 0 fully saturated rings. The molecule has 0 saturated heterocycles.